The van der Waals surface area contributed by atoms with E-state index in [4.69, 9.17) is 16.3 Å². The average Bonchev–Trinajstić information content (AvgIpc) is 3.16. The van der Waals surface area contributed by atoms with E-state index < -0.39 is 0 Å². The minimum absolute atomic E-state index is 0.0576. The fourth-order valence-corrected chi connectivity index (χ4v) is 4.10. The summed E-state index contributed by atoms with van der Waals surface area (Å²) in [6, 6.07) is 7.93. The predicted molar refractivity (Wildman–Crippen MR) is 106 cm³/mol. The van der Waals surface area contributed by atoms with E-state index >= 15 is 0 Å². The summed E-state index contributed by atoms with van der Waals surface area (Å²) in [5.41, 5.74) is 0.951. The highest BCUT2D eigenvalue weighted by atomic mass is 35.5. The number of hydrogen-bond donors (Lipinski definition) is 1. The van der Waals surface area contributed by atoms with Gasteiger partial charge in [-0.1, -0.05) is 23.4 Å². The van der Waals surface area contributed by atoms with Crippen LogP contribution in [0.5, 0.6) is 0 Å². The molecule has 8 heteroatoms. The summed E-state index contributed by atoms with van der Waals surface area (Å²) in [7, 11) is 0. The molecular formula is C19H23ClN4O2S. The van der Waals surface area contributed by atoms with Crippen LogP contribution in [0.15, 0.2) is 29.4 Å². The molecule has 2 fully saturated rings. The monoisotopic (exact) mass is 406 g/mol. The van der Waals surface area contributed by atoms with Gasteiger partial charge in [0.1, 0.15) is 0 Å². The number of amides is 1. The van der Waals surface area contributed by atoms with E-state index in [2.05, 4.69) is 20.1 Å². The van der Waals surface area contributed by atoms with Crippen molar-refractivity contribution in [3.05, 3.63) is 29.3 Å². The standard InChI is InChI=1S/C19H23ClN4O2S/c1-12(18(25)21-15-8-9-15)27-19-23-22-17(13-4-6-14(20)7-5-13)24(19)11-16-3-2-10-26-16/h4-7,12,15-16H,2-3,8-11H2,1H3,(H,21,25)/t12-,16+/m1/s1. The third-order valence-corrected chi connectivity index (χ3v) is 6.14. The minimum Gasteiger partial charge on any atom is -0.376 e. The van der Waals surface area contributed by atoms with Crippen LogP contribution in [0.1, 0.15) is 32.6 Å². The Morgan fingerprint density at radius 3 is 2.78 bits per heavy atom. The lowest BCUT2D eigenvalue weighted by Crippen LogP contribution is -2.32. The van der Waals surface area contributed by atoms with Crippen molar-refractivity contribution in [3.63, 3.8) is 0 Å². The van der Waals surface area contributed by atoms with Gasteiger partial charge in [-0.2, -0.15) is 0 Å². The van der Waals surface area contributed by atoms with Gasteiger partial charge in [0.2, 0.25) is 5.91 Å². The van der Waals surface area contributed by atoms with Gasteiger partial charge in [0, 0.05) is 23.2 Å². The molecule has 1 saturated carbocycles. The van der Waals surface area contributed by atoms with Crippen LogP contribution in [0.2, 0.25) is 5.02 Å². The van der Waals surface area contributed by atoms with Crippen LogP contribution in [-0.2, 0) is 16.1 Å². The van der Waals surface area contributed by atoms with Crippen molar-refractivity contribution in [2.45, 2.75) is 61.7 Å². The highest BCUT2D eigenvalue weighted by Crippen LogP contribution is 2.30. The van der Waals surface area contributed by atoms with Gasteiger partial charge < -0.3 is 10.1 Å². The van der Waals surface area contributed by atoms with E-state index in [1.807, 2.05) is 31.2 Å². The molecule has 1 aliphatic heterocycles. The minimum atomic E-state index is -0.226. The Morgan fingerprint density at radius 1 is 1.33 bits per heavy atom. The first kappa shape index (κ1) is 18.8. The first-order chi connectivity index (χ1) is 13.1. The fourth-order valence-electron chi connectivity index (χ4n) is 3.10. The molecule has 0 bridgehead atoms. The largest absolute Gasteiger partial charge is 0.376 e. The summed E-state index contributed by atoms with van der Waals surface area (Å²) in [5, 5.41) is 13.0. The van der Waals surface area contributed by atoms with Crippen molar-refractivity contribution in [3.8, 4) is 11.4 Å². The summed E-state index contributed by atoms with van der Waals surface area (Å²) in [6.45, 7) is 3.39. The molecule has 2 aliphatic rings. The fraction of sp³-hybridized carbons (Fsp3) is 0.526. The van der Waals surface area contributed by atoms with Crippen LogP contribution < -0.4 is 5.32 Å². The van der Waals surface area contributed by atoms with Crippen LogP contribution in [0.3, 0.4) is 0 Å². The van der Waals surface area contributed by atoms with Crippen LogP contribution >= 0.6 is 23.4 Å². The zero-order valence-corrected chi connectivity index (χ0v) is 16.8. The molecule has 0 radical (unpaired) electrons. The molecule has 2 heterocycles. The quantitative estimate of drug-likeness (QED) is 0.712. The maximum Gasteiger partial charge on any atom is 0.233 e. The van der Waals surface area contributed by atoms with Crippen LogP contribution in [-0.4, -0.2) is 44.7 Å². The summed E-state index contributed by atoms with van der Waals surface area (Å²) >= 11 is 7.47. The second-order valence-corrected chi connectivity index (χ2v) is 8.85. The molecule has 1 saturated heterocycles. The zero-order valence-electron chi connectivity index (χ0n) is 15.2. The molecule has 6 nitrogen and oxygen atoms in total. The molecule has 1 N–H and O–H groups in total. The number of thioether (sulfide) groups is 1. The topological polar surface area (TPSA) is 69.0 Å². The van der Waals surface area contributed by atoms with Gasteiger partial charge in [-0.25, -0.2) is 0 Å². The number of aromatic nitrogens is 3. The summed E-state index contributed by atoms with van der Waals surface area (Å²) in [4.78, 5) is 12.3. The van der Waals surface area contributed by atoms with Gasteiger partial charge in [-0.15, -0.1) is 10.2 Å². The Labute approximate surface area is 168 Å². The predicted octanol–water partition coefficient (Wildman–Crippen LogP) is 3.54. The van der Waals surface area contributed by atoms with Gasteiger partial charge in [0.25, 0.3) is 0 Å². The van der Waals surface area contributed by atoms with Gasteiger partial charge in [0.05, 0.1) is 17.9 Å². The number of nitrogens with zero attached hydrogens (tertiary/aromatic N) is 3. The molecule has 1 amide bonds. The van der Waals surface area contributed by atoms with Crippen molar-refractivity contribution >= 4 is 29.3 Å². The SMILES string of the molecule is C[C@@H](Sc1nnc(-c2ccc(Cl)cc2)n1C[C@@H]1CCCO1)C(=O)NC1CC1. The van der Waals surface area contributed by atoms with Crippen molar-refractivity contribution in [1.82, 2.24) is 20.1 Å². The molecular weight excluding hydrogens is 384 g/mol. The Kier molecular flexibility index (Phi) is 5.71. The molecule has 1 aromatic carbocycles. The number of nitrogens with one attached hydrogen (secondary N) is 1. The summed E-state index contributed by atoms with van der Waals surface area (Å²) in [6.07, 6.45) is 4.42. The van der Waals surface area contributed by atoms with E-state index in [9.17, 15) is 4.79 Å². The summed E-state index contributed by atoms with van der Waals surface area (Å²) in [5.74, 6) is 0.835. The van der Waals surface area contributed by atoms with Gasteiger partial charge in [0.15, 0.2) is 11.0 Å². The molecule has 4 rings (SSSR count). The highest BCUT2D eigenvalue weighted by Gasteiger charge is 2.28. The summed E-state index contributed by atoms with van der Waals surface area (Å²) < 4.78 is 7.89. The zero-order chi connectivity index (χ0) is 18.8. The number of carbonyl (C=O) groups is 1. The van der Waals surface area contributed by atoms with Crippen LogP contribution in [0.4, 0.5) is 0 Å². The van der Waals surface area contributed by atoms with E-state index in [1.54, 1.807) is 0 Å². The van der Waals surface area contributed by atoms with Gasteiger partial charge in [-0.3, -0.25) is 9.36 Å². The molecule has 0 unspecified atom stereocenters. The van der Waals surface area contributed by atoms with Crippen molar-refractivity contribution in [2.75, 3.05) is 6.61 Å². The Bertz CT molecular complexity index is 801. The van der Waals surface area contributed by atoms with Crippen molar-refractivity contribution in [2.24, 2.45) is 0 Å². The second-order valence-electron chi connectivity index (χ2n) is 7.10. The first-order valence-corrected chi connectivity index (χ1v) is 10.6. The number of halogens is 1. The lowest BCUT2D eigenvalue weighted by atomic mass is 10.2. The first-order valence-electron chi connectivity index (χ1n) is 9.38. The number of carbonyl (C=O) groups excluding carboxylic acids is 1. The Hall–Kier alpha value is -1.57. The van der Waals surface area contributed by atoms with E-state index in [1.165, 1.54) is 11.8 Å². The Balaban J connectivity index is 1.57. The van der Waals surface area contributed by atoms with E-state index in [0.717, 1.165) is 48.8 Å². The average molecular weight is 407 g/mol. The van der Waals surface area contributed by atoms with E-state index in [0.29, 0.717) is 17.6 Å². The third kappa shape index (κ3) is 4.65. The Morgan fingerprint density at radius 2 is 2.11 bits per heavy atom. The second kappa shape index (κ2) is 8.20. The van der Waals surface area contributed by atoms with Crippen LogP contribution in [0.25, 0.3) is 11.4 Å². The molecule has 144 valence electrons. The van der Waals surface area contributed by atoms with Crippen molar-refractivity contribution < 1.29 is 9.53 Å². The number of rotatable bonds is 7. The smallest absolute Gasteiger partial charge is 0.233 e. The molecule has 1 aromatic heterocycles. The lowest BCUT2D eigenvalue weighted by molar-refractivity contribution is -0.120. The van der Waals surface area contributed by atoms with Gasteiger partial charge >= 0.3 is 0 Å². The molecule has 27 heavy (non-hydrogen) atoms. The van der Waals surface area contributed by atoms with Gasteiger partial charge in [-0.05, 0) is 56.9 Å². The highest BCUT2D eigenvalue weighted by molar-refractivity contribution is 8.00. The molecule has 1 aliphatic carbocycles. The van der Waals surface area contributed by atoms with Crippen molar-refractivity contribution in [1.29, 1.82) is 0 Å². The normalized spacial score (nSPS) is 20.6. The molecule has 0 spiro atoms. The maximum absolute atomic E-state index is 12.3. The van der Waals surface area contributed by atoms with E-state index in [-0.39, 0.29) is 17.3 Å². The number of hydrogen-bond acceptors (Lipinski definition) is 5. The third-order valence-electron chi connectivity index (χ3n) is 4.80. The molecule has 2 aromatic rings. The van der Waals surface area contributed by atoms with Crippen LogP contribution in [0, 0.1) is 0 Å². The lowest BCUT2D eigenvalue weighted by Gasteiger charge is -2.16. The maximum atomic E-state index is 12.3. The number of benzene rings is 1. The molecule has 2 atom stereocenters. The number of ether oxygens (including phenoxy) is 1.